The molecular formula is C17H25N3O3. The van der Waals surface area contributed by atoms with Gasteiger partial charge in [-0.1, -0.05) is 19.4 Å². The first-order chi connectivity index (χ1) is 11.0. The molecule has 0 unspecified atom stereocenters. The Bertz CT molecular complexity index is 554. The first-order valence-electron chi connectivity index (χ1n) is 8.23. The maximum atomic E-state index is 12.4. The van der Waals surface area contributed by atoms with E-state index in [1.807, 2.05) is 18.0 Å². The Morgan fingerprint density at radius 3 is 2.65 bits per heavy atom. The second-order valence-electron chi connectivity index (χ2n) is 6.06. The number of carboxylic acids is 1. The number of pyridine rings is 1. The van der Waals surface area contributed by atoms with Crippen LogP contribution in [0.1, 0.15) is 43.1 Å². The lowest BCUT2D eigenvalue weighted by Gasteiger charge is -2.34. The zero-order valence-corrected chi connectivity index (χ0v) is 13.9. The van der Waals surface area contributed by atoms with Gasteiger partial charge in [-0.3, -0.25) is 4.79 Å². The molecule has 1 N–H and O–H groups in total. The van der Waals surface area contributed by atoms with Gasteiger partial charge in [0.25, 0.3) is 0 Å². The van der Waals surface area contributed by atoms with Gasteiger partial charge in [-0.05, 0) is 31.4 Å². The fourth-order valence-electron chi connectivity index (χ4n) is 2.89. The summed E-state index contributed by atoms with van der Waals surface area (Å²) >= 11 is 0. The number of rotatable bonds is 6. The second kappa shape index (κ2) is 7.94. The molecule has 6 nitrogen and oxygen atoms in total. The number of carbonyl (C=O) groups excluding carboxylic acids is 1. The summed E-state index contributed by atoms with van der Waals surface area (Å²) in [7, 11) is 1.88. The second-order valence-corrected chi connectivity index (χ2v) is 6.06. The number of anilines is 1. The van der Waals surface area contributed by atoms with Gasteiger partial charge >= 0.3 is 5.97 Å². The van der Waals surface area contributed by atoms with Crippen LogP contribution in [0.25, 0.3) is 0 Å². The summed E-state index contributed by atoms with van der Waals surface area (Å²) in [6.07, 6.45) is 3.69. The Labute approximate surface area is 137 Å². The fraction of sp³-hybridized carbons (Fsp3) is 0.588. The van der Waals surface area contributed by atoms with Crippen molar-refractivity contribution in [3.05, 3.63) is 23.9 Å². The van der Waals surface area contributed by atoms with Gasteiger partial charge in [-0.15, -0.1) is 0 Å². The van der Waals surface area contributed by atoms with Gasteiger partial charge in [0.15, 0.2) is 5.69 Å². The van der Waals surface area contributed by atoms with Gasteiger partial charge < -0.3 is 14.9 Å². The van der Waals surface area contributed by atoms with Crippen LogP contribution < -0.4 is 4.90 Å². The van der Waals surface area contributed by atoms with Crippen LogP contribution in [-0.4, -0.2) is 53.5 Å². The molecule has 1 aromatic heterocycles. The fourth-order valence-corrected chi connectivity index (χ4v) is 2.89. The minimum Gasteiger partial charge on any atom is -0.477 e. The lowest BCUT2D eigenvalue weighted by Crippen LogP contribution is -2.41. The summed E-state index contributed by atoms with van der Waals surface area (Å²) in [6, 6.07) is 5.02. The highest BCUT2D eigenvalue weighted by Crippen LogP contribution is 2.23. The zero-order valence-electron chi connectivity index (χ0n) is 13.9. The summed E-state index contributed by atoms with van der Waals surface area (Å²) in [5.41, 5.74) is 0.0556. The largest absolute Gasteiger partial charge is 0.477 e. The highest BCUT2D eigenvalue weighted by atomic mass is 16.4. The van der Waals surface area contributed by atoms with Gasteiger partial charge in [-0.2, -0.15) is 0 Å². The van der Waals surface area contributed by atoms with Crippen LogP contribution in [0.3, 0.4) is 0 Å². The third-order valence-electron chi connectivity index (χ3n) is 4.35. The van der Waals surface area contributed by atoms with Crippen molar-refractivity contribution in [2.45, 2.75) is 32.6 Å². The molecule has 1 fully saturated rings. The zero-order chi connectivity index (χ0) is 16.8. The smallest absolute Gasteiger partial charge is 0.354 e. The molecule has 2 heterocycles. The average Bonchev–Trinajstić information content (AvgIpc) is 2.59. The number of carboxylic acid groups (broad SMARTS) is 1. The predicted octanol–water partition coefficient (Wildman–Crippen LogP) is 2.25. The molecule has 0 saturated carbocycles. The summed E-state index contributed by atoms with van der Waals surface area (Å²) in [5.74, 6) is -0.0503. The Morgan fingerprint density at radius 1 is 1.35 bits per heavy atom. The molecule has 2 rings (SSSR count). The van der Waals surface area contributed by atoms with Crippen LogP contribution in [0.4, 0.5) is 5.82 Å². The van der Waals surface area contributed by atoms with Crippen molar-refractivity contribution in [3.63, 3.8) is 0 Å². The van der Waals surface area contributed by atoms with E-state index in [0.717, 1.165) is 45.3 Å². The van der Waals surface area contributed by atoms with E-state index in [1.54, 1.807) is 6.07 Å². The number of aromatic carboxylic acids is 1. The minimum absolute atomic E-state index is 0.0556. The molecule has 1 aliphatic rings. The van der Waals surface area contributed by atoms with Crippen molar-refractivity contribution in [2.24, 2.45) is 5.92 Å². The van der Waals surface area contributed by atoms with E-state index in [0.29, 0.717) is 5.82 Å². The molecule has 0 atom stereocenters. The van der Waals surface area contributed by atoms with Crippen LogP contribution in [-0.2, 0) is 4.79 Å². The molecule has 23 heavy (non-hydrogen) atoms. The topological polar surface area (TPSA) is 73.7 Å². The maximum Gasteiger partial charge on any atom is 0.354 e. The molecule has 0 spiro atoms. The highest BCUT2D eigenvalue weighted by Gasteiger charge is 2.27. The van der Waals surface area contributed by atoms with Crippen LogP contribution >= 0.6 is 0 Å². The highest BCUT2D eigenvalue weighted by molar-refractivity contribution is 5.85. The SMILES string of the molecule is CCCCN(C)C(=O)C1CCN(c2cccc(C(=O)O)n2)CC1. The van der Waals surface area contributed by atoms with E-state index >= 15 is 0 Å². The van der Waals surface area contributed by atoms with Crippen molar-refractivity contribution in [2.75, 3.05) is 31.6 Å². The van der Waals surface area contributed by atoms with E-state index < -0.39 is 5.97 Å². The first kappa shape index (κ1) is 17.2. The number of carbonyl (C=O) groups is 2. The Balaban J connectivity index is 1.92. The van der Waals surface area contributed by atoms with Crippen LogP contribution in [0, 0.1) is 5.92 Å². The van der Waals surface area contributed by atoms with E-state index in [-0.39, 0.29) is 17.5 Å². The molecular weight excluding hydrogens is 294 g/mol. The van der Waals surface area contributed by atoms with Crippen molar-refractivity contribution in [1.82, 2.24) is 9.88 Å². The van der Waals surface area contributed by atoms with Crippen LogP contribution in [0.15, 0.2) is 18.2 Å². The van der Waals surface area contributed by atoms with E-state index in [2.05, 4.69) is 16.8 Å². The van der Waals surface area contributed by atoms with Crippen molar-refractivity contribution < 1.29 is 14.7 Å². The van der Waals surface area contributed by atoms with Crippen LogP contribution in [0.2, 0.25) is 0 Å². The molecule has 6 heteroatoms. The molecule has 0 aliphatic carbocycles. The number of amides is 1. The summed E-state index contributed by atoms with van der Waals surface area (Å²) in [5, 5.41) is 9.02. The standard InChI is InChI=1S/C17H25N3O3/c1-3-4-10-19(2)16(21)13-8-11-20(12-9-13)15-7-5-6-14(18-15)17(22)23/h5-7,13H,3-4,8-12H2,1-2H3,(H,22,23). The number of piperidine rings is 1. The number of nitrogens with zero attached hydrogens (tertiary/aromatic N) is 3. The lowest BCUT2D eigenvalue weighted by molar-refractivity contribution is -0.134. The third-order valence-corrected chi connectivity index (χ3v) is 4.35. The summed E-state index contributed by atoms with van der Waals surface area (Å²) in [6.45, 7) is 4.40. The molecule has 1 aliphatic heterocycles. The monoisotopic (exact) mass is 319 g/mol. The average molecular weight is 319 g/mol. The molecule has 1 aromatic rings. The number of hydrogen-bond acceptors (Lipinski definition) is 4. The van der Waals surface area contributed by atoms with Crippen molar-refractivity contribution in [1.29, 1.82) is 0 Å². The lowest BCUT2D eigenvalue weighted by atomic mass is 9.95. The maximum absolute atomic E-state index is 12.4. The van der Waals surface area contributed by atoms with Gasteiger partial charge in [0.1, 0.15) is 5.82 Å². The third kappa shape index (κ3) is 4.43. The summed E-state index contributed by atoms with van der Waals surface area (Å²) < 4.78 is 0. The molecule has 0 bridgehead atoms. The van der Waals surface area contributed by atoms with E-state index in [4.69, 9.17) is 5.11 Å². The molecule has 126 valence electrons. The Morgan fingerprint density at radius 2 is 2.04 bits per heavy atom. The van der Waals surface area contributed by atoms with Gasteiger partial charge in [0, 0.05) is 32.6 Å². The van der Waals surface area contributed by atoms with Gasteiger partial charge in [0.2, 0.25) is 5.91 Å². The van der Waals surface area contributed by atoms with Crippen molar-refractivity contribution >= 4 is 17.7 Å². The first-order valence-corrected chi connectivity index (χ1v) is 8.23. The number of hydrogen-bond donors (Lipinski definition) is 1. The Hall–Kier alpha value is -2.11. The molecule has 1 amide bonds. The number of aromatic nitrogens is 1. The van der Waals surface area contributed by atoms with Crippen LogP contribution in [0.5, 0.6) is 0 Å². The molecule has 0 aromatic carbocycles. The summed E-state index contributed by atoms with van der Waals surface area (Å²) in [4.78, 5) is 31.5. The minimum atomic E-state index is -1.02. The van der Waals surface area contributed by atoms with Gasteiger partial charge in [-0.25, -0.2) is 9.78 Å². The van der Waals surface area contributed by atoms with E-state index in [9.17, 15) is 9.59 Å². The molecule has 1 saturated heterocycles. The predicted molar refractivity (Wildman–Crippen MR) is 88.7 cm³/mol. The Kier molecular flexibility index (Phi) is 5.96. The quantitative estimate of drug-likeness (QED) is 0.870. The molecule has 0 radical (unpaired) electrons. The normalized spacial score (nSPS) is 15.5. The van der Waals surface area contributed by atoms with Crippen molar-refractivity contribution in [3.8, 4) is 0 Å². The number of unbranched alkanes of at least 4 members (excludes halogenated alkanes) is 1. The van der Waals surface area contributed by atoms with Gasteiger partial charge in [0.05, 0.1) is 0 Å². The van der Waals surface area contributed by atoms with E-state index in [1.165, 1.54) is 6.07 Å².